The topological polar surface area (TPSA) is 24.5 Å². The lowest BCUT2D eigenvalue weighted by Gasteiger charge is -2.24. The number of anilines is 1. The largest absolute Gasteiger partial charge is 0.493 e. The zero-order chi connectivity index (χ0) is 13.5. The van der Waals surface area contributed by atoms with Gasteiger partial charge in [0.2, 0.25) is 0 Å². The van der Waals surface area contributed by atoms with Crippen LogP contribution in [0.2, 0.25) is 0 Å². The Morgan fingerprint density at radius 3 is 2.84 bits per heavy atom. The summed E-state index contributed by atoms with van der Waals surface area (Å²) >= 11 is 0. The summed E-state index contributed by atoms with van der Waals surface area (Å²) in [6.45, 7) is 9.52. The lowest BCUT2D eigenvalue weighted by molar-refractivity contribution is 0.218. The van der Waals surface area contributed by atoms with E-state index in [1.807, 2.05) is 0 Å². The minimum atomic E-state index is 0.658. The fourth-order valence-corrected chi connectivity index (χ4v) is 2.64. The lowest BCUT2D eigenvalue weighted by atomic mass is 10.0. The van der Waals surface area contributed by atoms with Gasteiger partial charge in [0.15, 0.2) is 0 Å². The Labute approximate surface area is 116 Å². The summed E-state index contributed by atoms with van der Waals surface area (Å²) in [5, 5.41) is 3.43. The molecule has 1 saturated heterocycles. The highest BCUT2D eigenvalue weighted by molar-refractivity contribution is 5.50. The molecule has 0 aliphatic carbocycles. The van der Waals surface area contributed by atoms with Crippen molar-refractivity contribution in [1.29, 1.82) is 0 Å². The van der Waals surface area contributed by atoms with E-state index in [1.54, 1.807) is 0 Å². The number of rotatable bonds is 6. The second-order valence-electron chi connectivity index (χ2n) is 5.19. The van der Waals surface area contributed by atoms with Gasteiger partial charge >= 0.3 is 0 Å². The summed E-state index contributed by atoms with van der Waals surface area (Å²) < 4.78 is 5.96. The maximum atomic E-state index is 5.96. The van der Waals surface area contributed by atoms with E-state index in [4.69, 9.17) is 4.74 Å². The van der Waals surface area contributed by atoms with E-state index in [0.29, 0.717) is 5.92 Å². The van der Waals surface area contributed by atoms with Crippen molar-refractivity contribution in [2.75, 3.05) is 37.7 Å². The normalized spacial score (nSPS) is 19.2. The number of hydrogen-bond acceptors (Lipinski definition) is 3. The molecular weight excluding hydrogens is 236 g/mol. The lowest BCUT2D eigenvalue weighted by Crippen LogP contribution is -2.33. The molecule has 0 aromatic heterocycles. The summed E-state index contributed by atoms with van der Waals surface area (Å²) in [4.78, 5) is 2.34. The summed E-state index contributed by atoms with van der Waals surface area (Å²) in [6, 6.07) is 8.46. The number of nitrogens with zero attached hydrogens (tertiary/aromatic N) is 1. The summed E-state index contributed by atoms with van der Waals surface area (Å²) in [7, 11) is 0. The van der Waals surface area contributed by atoms with Crippen molar-refractivity contribution in [2.24, 2.45) is 5.92 Å². The third kappa shape index (κ3) is 4.13. The highest BCUT2D eigenvalue weighted by Crippen LogP contribution is 2.22. The summed E-state index contributed by atoms with van der Waals surface area (Å²) in [5.41, 5.74) is 1.25. The van der Waals surface area contributed by atoms with Crippen molar-refractivity contribution in [1.82, 2.24) is 5.32 Å². The van der Waals surface area contributed by atoms with Gasteiger partial charge in [-0.2, -0.15) is 0 Å². The Hall–Kier alpha value is -1.22. The minimum Gasteiger partial charge on any atom is -0.493 e. The number of ether oxygens (including phenoxy) is 1. The predicted molar refractivity (Wildman–Crippen MR) is 81.1 cm³/mol. The second-order valence-corrected chi connectivity index (χ2v) is 5.19. The monoisotopic (exact) mass is 262 g/mol. The highest BCUT2D eigenvalue weighted by Gasteiger charge is 2.13. The molecule has 106 valence electrons. The van der Waals surface area contributed by atoms with Gasteiger partial charge in [0.1, 0.15) is 5.75 Å². The van der Waals surface area contributed by atoms with Crippen molar-refractivity contribution < 1.29 is 4.74 Å². The molecule has 1 atom stereocenters. The molecule has 1 aliphatic rings. The van der Waals surface area contributed by atoms with E-state index >= 15 is 0 Å². The molecule has 1 aromatic carbocycles. The molecule has 0 spiro atoms. The van der Waals surface area contributed by atoms with Gasteiger partial charge in [-0.1, -0.05) is 6.07 Å². The van der Waals surface area contributed by atoms with Crippen LogP contribution >= 0.6 is 0 Å². The van der Waals surface area contributed by atoms with Crippen LogP contribution in [0.25, 0.3) is 0 Å². The number of hydrogen-bond donors (Lipinski definition) is 1. The van der Waals surface area contributed by atoms with E-state index in [-0.39, 0.29) is 0 Å². The molecule has 1 N–H and O–H groups in total. The van der Waals surface area contributed by atoms with Crippen LogP contribution in [-0.4, -0.2) is 32.8 Å². The maximum absolute atomic E-state index is 5.96. The molecule has 0 amide bonds. The third-order valence-corrected chi connectivity index (χ3v) is 3.83. The molecule has 0 radical (unpaired) electrons. The van der Waals surface area contributed by atoms with Crippen LogP contribution in [-0.2, 0) is 0 Å². The predicted octanol–water partition coefficient (Wildman–Crippen LogP) is 2.91. The Bertz CT molecular complexity index is 371. The van der Waals surface area contributed by atoms with E-state index < -0.39 is 0 Å². The maximum Gasteiger partial charge on any atom is 0.121 e. The molecule has 19 heavy (non-hydrogen) atoms. The van der Waals surface area contributed by atoms with Crippen molar-refractivity contribution >= 4 is 5.69 Å². The SMILES string of the molecule is CCN(CC)c1cccc(OC[C@@H]2CCCNC2)c1. The van der Waals surface area contributed by atoms with Gasteiger partial charge < -0.3 is 15.0 Å². The van der Waals surface area contributed by atoms with Gasteiger partial charge in [0.05, 0.1) is 6.61 Å². The molecule has 1 heterocycles. The first kappa shape index (κ1) is 14.2. The first-order valence-electron chi connectivity index (χ1n) is 7.52. The van der Waals surface area contributed by atoms with Crippen LogP contribution in [0.5, 0.6) is 5.75 Å². The van der Waals surface area contributed by atoms with Crippen LogP contribution in [0.4, 0.5) is 5.69 Å². The molecule has 3 heteroatoms. The highest BCUT2D eigenvalue weighted by atomic mass is 16.5. The van der Waals surface area contributed by atoms with Gasteiger partial charge in [0, 0.05) is 37.3 Å². The van der Waals surface area contributed by atoms with Gasteiger partial charge in [0.25, 0.3) is 0 Å². The van der Waals surface area contributed by atoms with E-state index in [1.165, 1.54) is 18.5 Å². The number of benzene rings is 1. The fourth-order valence-electron chi connectivity index (χ4n) is 2.64. The fraction of sp³-hybridized carbons (Fsp3) is 0.625. The molecule has 0 saturated carbocycles. The molecule has 3 nitrogen and oxygen atoms in total. The number of piperidine rings is 1. The van der Waals surface area contributed by atoms with Gasteiger partial charge in [-0.05, 0) is 45.4 Å². The minimum absolute atomic E-state index is 0.658. The number of nitrogens with one attached hydrogen (secondary N) is 1. The Morgan fingerprint density at radius 1 is 1.32 bits per heavy atom. The van der Waals surface area contributed by atoms with E-state index in [2.05, 4.69) is 48.3 Å². The van der Waals surface area contributed by atoms with Gasteiger partial charge in [-0.3, -0.25) is 0 Å². The third-order valence-electron chi connectivity index (χ3n) is 3.83. The molecule has 2 rings (SSSR count). The van der Waals surface area contributed by atoms with Gasteiger partial charge in [-0.25, -0.2) is 0 Å². The smallest absolute Gasteiger partial charge is 0.121 e. The van der Waals surface area contributed by atoms with Crippen molar-refractivity contribution in [3.05, 3.63) is 24.3 Å². The average Bonchev–Trinajstić information content (AvgIpc) is 2.48. The molecule has 1 fully saturated rings. The zero-order valence-electron chi connectivity index (χ0n) is 12.2. The van der Waals surface area contributed by atoms with Crippen molar-refractivity contribution in [3.63, 3.8) is 0 Å². The van der Waals surface area contributed by atoms with E-state index in [9.17, 15) is 0 Å². The van der Waals surface area contributed by atoms with Crippen LogP contribution < -0.4 is 15.0 Å². The summed E-state index contributed by atoms with van der Waals surface area (Å²) in [6.07, 6.45) is 2.55. The van der Waals surface area contributed by atoms with E-state index in [0.717, 1.165) is 38.5 Å². The standard InChI is InChI=1S/C16H26N2O/c1-3-18(4-2)15-8-5-9-16(11-15)19-13-14-7-6-10-17-12-14/h5,8-9,11,14,17H,3-4,6-7,10,12-13H2,1-2H3/t14-/m1/s1. The van der Waals surface area contributed by atoms with Crippen LogP contribution in [0.1, 0.15) is 26.7 Å². The molecule has 1 aromatic rings. The average molecular weight is 262 g/mol. The Morgan fingerprint density at radius 2 is 2.16 bits per heavy atom. The van der Waals surface area contributed by atoms with Crippen molar-refractivity contribution in [2.45, 2.75) is 26.7 Å². The van der Waals surface area contributed by atoms with Crippen LogP contribution in [0.3, 0.4) is 0 Å². The Balaban J connectivity index is 1.90. The summed E-state index contributed by atoms with van der Waals surface area (Å²) in [5.74, 6) is 1.65. The molecule has 0 bridgehead atoms. The second kappa shape index (κ2) is 7.39. The first-order valence-corrected chi connectivity index (χ1v) is 7.52. The van der Waals surface area contributed by atoms with Crippen LogP contribution in [0, 0.1) is 5.92 Å². The molecule has 0 unspecified atom stereocenters. The molecular formula is C16H26N2O. The first-order chi connectivity index (χ1) is 9.33. The zero-order valence-corrected chi connectivity index (χ0v) is 12.2. The van der Waals surface area contributed by atoms with Gasteiger partial charge in [-0.15, -0.1) is 0 Å². The van der Waals surface area contributed by atoms with Crippen LogP contribution in [0.15, 0.2) is 24.3 Å². The quantitative estimate of drug-likeness (QED) is 0.853. The molecule has 1 aliphatic heterocycles. The van der Waals surface area contributed by atoms with Crippen molar-refractivity contribution in [3.8, 4) is 5.75 Å². The Kier molecular flexibility index (Phi) is 5.52.